The molecule has 3 N–H and O–H groups in total. The Kier molecular flexibility index (Phi) is 8.77. The van der Waals surface area contributed by atoms with Crippen LogP contribution in [0.2, 0.25) is 0 Å². The summed E-state index contributed by atoms with van der Waals surface area (Å²) in [6.45, 7) is 6.85. The van der Waals surface area contributed by atoms with Crippen molar-refractivity contribution in [2.24, 2.45) is 0 Å². The van der Waals surface area contributed by atoms with E-state index in [1.54, 1.807) is 4.90 Å². The standard InChI is InChI=1S/C21H32BrN3O4/c1-21(2,3)29-20(28)25-11-5-4-7-16(25)14-19(27)24-18-13-15(22)8-9-17(18)23-10-6-12-26/h8-9,13,16,23,26H,4-7,10-12,14H2,1-3H3,(H,24,27). The Balaban J connectivity index is 2.03. The fourth-order valence-corrected chi connectivity index (χ4v) is 3.63. The highest BCUT2D eigenvalue weighted by Gasteiger charge is 2.31. The molecule has 162 valence electrons. The zero-order valence-corrected chi connectivity index (χ0v) is 19.0. The van der Waals surface area contributed by atoms with Crippen LogP contribution in [0.15, 0.2) is 22.7 Å². The lowest BCUT2D eigenvalue weighted by atomic mass is 9.99. The summed E-state index contributed by atoms with van der Waals surface area (Å²) in [6.07, 6.45) is 3.18. The van der Waals surface area contributed by atoms with Gasteiger partial charge in [-0.2, -0.15) is 0 Å². The first-order chi connectivity index (χ1) is 13.7. The molecule has 2 amide bonds. The molecule has 1 unspecified atom stereocenters. The average molecular weight is 470 g/mol. The summed E-state index contributed by atoms with van der Waals surface area (Å²) in [5.41, 5.74) is 0.900. The van der Waals surface area contributed by atoms with Gasteiger partial charge in [-0.25, -0.2) is 4.79 Å². The van der Waals surface area contributed by atoms with E-state index in [4.69, 9.17) is 9.84 Å². The van der Waals surface area contributed by atoms with Crippen LogP contribution < -0.4 is 10.6 Å². The van der Waals surface area contributed by atoms with E-state index in [1.165, 1.54) is 0 Å². The highest BCUT2D eigenvalue weighted by atomic mass is 79.9. The monoisotopic (exact) mass is 469 g/mol. The van der Waals surface area contributed by atoms with Crippen molar-refractivity contribution in [3.63, 3.8) is 0 Å². The SMILES string of the molecule is CC(C)(C)OC(=O)N1CCCCC1CC(=O)Nc1cc(Br)ccc1NCCCO. The van der Waals surface area contributed by atoms with Crippen LogP contribution in [0.25, 0.3) is 0 Å². The van der Waals surface area contributed by atoms with Crippen LogP contribution >= 0.6 is 15.9 Å². The van der Waals surface area contributed by atoms with Crippen molar-refractivity contribution in [3.05, 3.63) is 22.7 Å². The summed E-state index contributed by atoms with van der Waals surface area (Å²) in [5.74, 6) is -0.145. The number of ether oxygens (including phenoxy) is 1. The number of aliphatic hydroxyl groups is 1. The Morgan fingerprint density at radius 2 is 2.03 bits per heavy atom. The summed E-state index contributed by atoms with van der Waals surface area (Å²) in [6, 6.07) is 5.44. The van der Waals surface area contributed by atoms with Crippen molar-refractivity contribution in [2.45, 2.75) is 64.5 Å². The molecule has 7 nitrogen and oxygen atoms in total. The summed E-state index contributed by atoms with van der Waals surface area (Å²) < 4.78 is 6.37. The van der Waals surface area contributed by atoms with Crippen LogP contribution in [0.5, 0.6) is 0 Å². The Hall–Kier alpha value is -1.80. The molecule has 0 spiro atoms. The van der Waals surface area contributed by atoms with E-state index in [0.29, 0.717) is 25.2 Å². The largest absolute Gasteiger partial charge is 0.444 e. The maximum atomic E-state index is 12.8. The lowest BCUT2D eigenvalue weighted by Gasteiger charge is -2.36. The number of benzene rings is 1. The smallest absolute Gasteiger partial charge is 0.410 e. The molecule has 1 aromatic carbocycles. The van der Waals surface area contributed by atoms with Gasteiger partial charge >= 0.3 is 6.09 Å². The van der Waals surface area contributed by atoms with Crippen LogP contribution in [0.3, 0.4) is 0 Å². The van der Waals surface area contributed by atoms with Crippen molar-refractivity contribution >= 4 is 39.3 Å². The van der Waals surface area contributed by atoms with Crippen LogP contribution in [-0.2, 0) is 9.53 Å². The van der Waals surface area contributed by atoms with Gasteiger partial charge in [0.25, 0.3) is 0 Å². The lowest BCUT2D eigenvalue weighted by Crippen LogP contribution is -2.47. The van der Waals surface area contributed by atoms with E-state index in [-0.39, 0.29) is 31.1 Å². The number of hydrogen-bond acceptors (Lipinski definition) is 5. The van der Waals surface area contributed by atoms with Crippen LogP contribution in [-0.4, -0.2) is 53.3 Å². The molecule has 1 aliphatic rings. The normalized spacial score (nSPS) is 17.0. The van der Waals surface area contributed by atoms with E-state index in [0.717, 1.165) is 29.4 Å². The van der Waals surface area contributed by atoms with E-state index < -0.39 is 5.60 Å². The van der Waals surface area contributed by atoms with E-state index in [9.17, 15) is 9.59 Å². The quantitative estimate of drug-likeness (QED) is 0.515. The molecule has 1 aromatic rings. The number of likely N-dealkylation sites (tertiary alicyclic amines) is 1. The first-order valence-electron chi connectivity index (χ1n) is 10.1. The molecule has 1 heterocycles. The predicted octanol–water partition coefficient (Wildman–Crippen LogP) is 4.36. The molecular weight excluding hydrogens is 438 g/mol. The Labute approximate surface area is 181 Å². The van der Waals surface area contributed by atoms with Gasteiger partial charge in [0.1, 0.15) is 5.60 Å². The minimum Gasteiger partial charge on any atom is -0.444 e. The lowest BCUT2D eigenvalue weighted by molar-refractivity contribution is -0.117. The highest BCUT2D eigenvalue weighted by Crippen LogP contribution is 2.28. The second-order valence-corrected chi connectivity index (χ2v) is 9.19. The molecule has 1 atom stereocenters. The minimum absolute atomic E-state index is 0.105. The Morgan fingerprint density at radius 1 is 1.28 bits per heavy atom. The molecule has 0 aliphatic carbocycles. The third-order valence-electron chi connectivity index (χ3n) is 4.58. The molecular formula is C21H32BrN3O4. The number of nitrogens with zero attached hydrogens (tertiary/aromatic N) is 1. The number of carbonyl (C=O) groups is 2. The zero-order valence-electron chi connectivity index (χ0n) is 17.5. The van der Waals surface area contributed by atoms with Gasteiger partial charge in [-0.1, -0.05) is 15.9 Å². The molecule has 1 saturated heterocycles. The van der Waals surface area contributed by atoms with Gasteiger partial charge in [-0.05, 0) is 64.7 Å². The van der Waals surface area contributed by atoms with Crippen LogP contribution in [0.1, 0.15) is 52.9 Å². The minimum atomic E-state index is -0.563. The van der Waals surface area contributed by atoms with Gasteiger partial charge in [0, 0.05) is 36.6 Å². The van der Waals surface area contributed by atoms with E-state index in [2.05, 4.69) is 26.6 Å². The number of piperidine rings is 1. The second kappa shape index (κ2) is 10.8. The number of amides is 2. The first kappa shape index (κ1) is 23.5. The topological polar surface area (TPSA) is 90.9 Å². The van der Waals surface area contributed by atoms with Gasteiger partial charge in [-0.15, -0.1) is 0 Å². The van der Waals surface area contributed by atoms with Gasteiger partial charge in [0.15, 0.2) is 0 Å². The van der Waals surface area contributed by atoms with Crippen LogP contribution in [0, 0.1) is 0 Å². The van der Waals surface area contributed by atoms with Crippen LogP contribution in [0.4, 0.5) is 16.2 Å². The molecule has 0 radical (unpaired) electrons. The number of rotatable bonds is 7. The summed E-state index contributed by atoms with van der Waals surface area (Å²) >= 11 is 3.43. The maximum absolute atomic E-state index is 12.8. The zero-order chi connectivity index (χ0) is 21.4. The van der Waals surface area contributed by atoms with E-state index >= 15 is 0 Å². The number of aliphatic hydroxyl groups excluding tert-OH is 1. The third-order valence-corrected chi connectivity index (χ3v) is 5.08. The molecule has 0 aromatic heterocycles. The first-order valence-corrected chi connectivity index (χ1v) is 10.9. The van der Waals surface area contributed by atoms with Gasteiger partial charge < -0.3 is 25.4 Å². The predicted molar refractivity (Wildman–Crippen MR) is 118 cm³/mol. The molecule has 1 fully saturated rings. The molecule has 0 bridgehead atoms. The van der Waals surface area contributed by atoms with Crippen molar-refractivity contribution in [3.8, 4) is 0 Å². The molecule has 8 heteroatoms. The Morgan fingerprint density at radius 3 is 2.72 bits per heavy atom. The fourth-order valence-electron chi connectivity index (χ4n) is 3.27. The number of hydrogen-bond donors (Lipinski definition) is 3. The highest BCUT2D eigenvalue weighted by molar-refractivity contribution is 9.10. The van der Waals surface area contributed by atoms with Crippen molar-refractivity contribution < 1.29 is 19.4 Å². The molecule has 2 rings (SSSR count). The molecule has 0 saturated carbocycles. The van der Waals surface area contributed by atoms with E-state index in [1.807, 2.05) is 39.0 Å². The number of halogens is 1. The fraction of sp³-hybridized carbons (Fsp3) is 0.619. The third kappa shape index (κ3) is 7.85. The maximum Gasteiger partial charge on any atom is 0.410 e. The summed E-state index contributed by atoms with van der Waals surface area (Å²) in [4.78, 5) is 27.0. The summed E-state index contributed by atoms with van der Waals surface area (Å²) in [7, 11) is 0. The second-order valence-electron chi connectivity index (χ2n) is 8.27. The molecule has 29 heavy (non-hydrogen) atoms. The van der Waals surface area contributed by atoms with Gasteiger partial charge in [0.05, 0.1) is 11.4 Å². The van der Waals surface area contributed by atoms with Gasteiger partial charge in [-0.3, -0.25) is 4.79 Å². The van der Waals surface area contributed by atoms with Crippen molar-refractivity contribution in [1.82, 2.24) is 4.90 Å². The van der Waals surface area contributed by atoms with Gasteiger partial charge in [0.2, 0.25) is 5.91 Å². The van der Waals surface area contributed by atoms with Crippen molar-refractivity contribution in [1.29, 1.82) is 0 Å². The number of anilines is 2. The summed E-state index contributed by atoms with van der Waals surface area (Å²) in [5, 5.41) is 15.1. The number of nitrogens with one attached hydrogen (secondary N) is 2. The number of carbonyl (C=O) groups excluding carboxylic acids is 2. The average Bonchev–Trinajstić information content (AvgIpc) is 2.62. The molecule has 1 aliphatic heterocycles. The Bertz CT molecular complexity index is 706. The van der Waals surface area contributed by atoms with Crippen molar-refractivity contribution in [2.75, 3.05) is 30.3 Å².